The molecule has 0 fully saturated rings. The molecule has 0 atom stereocenters. The number of benzene rings is 5. The summed E-state index contributed by atoms with van der Waals surface area (Å²) in [6.45, 7) is 0. The normalized spacial score (nSPS) is 12.7. The Morgan fingerprint density at radius 2 is 0.868 bits per heavy atom. The van der Waals surface area contributed by atoms with E-state index in [4.69, 9.17) is 0 Å². The Morgan fingerprint density at radius 1 is 0.447 bits per heavy atom. The van der Waals surface area contributed by atoms with Gasteiger partial charge in [0.2, 0.25) is 0 Å². The smallest absolute Gasteiger partial charge is 0.193 e. The number of rotatable bonds is 6. The first-order chi connectivity index (χ1) is 18.7. The third-order valence-corrected chi connectivity index (χ3v) is 7.04. The van der Waals surface area contributed by atoms with Gasteiger partial charge in [-0.2, -0.15) is 0 Å². The van der Waals surface area contributed by atoms with Gasteiger partial charge >= 0.3 is 0 Å². The van der Waals surface area contributed by atoms with E-state index >= 15 is 0 Å². The molecule has 0 radical (unpaired) electrons. The van der Waals surface area contributed by atoms with Crippen molar-refractivity contribution in [2.75, 3.05) is 0 Å². The Kier molecular flexibility index (Phi) is 6.66. The highest BCUT2D eigenvalue weighted by molar-refractivity contribution is 6.11. The summed E-state index contributed by atoms with van der Waals surface area (Å²) in [5.41, 5.74) is 10.0. The van der Waals surface area contributed by atoms with Crippen LogP contribution >= 0.6 is 0 Å². The number of allylic oxidation sites excluding steroid dienone is 4. The van der Waals surface area contributed by atoms with Crippen molar-refractivity contribution in [1.29, 1.82) is 0 Å². The van der Waals surface area contributed by atoms with Gasteiger partial charge in [0.15, 0.2) is 5.78 Å². The first kappa shape index (κ1) is 23.6. The number of ketones is 1. The Balaban J connectivity index is 1.50. The van der Waals surface area contributed by atoms with Gasteiger partial charge in [-0.15, -0.1) is 0 Å². The fraction of sp³-hybridized carbons (Fsp3) is 0.0541. The maximum absolute atomic E-state index is 14.2. The zero-order chi connectivity index (χ0) is 25.7. The Bertz CT molecular complexity index is 1580. The van der Waals surface area contributed by atoms with Gasteiger partial charge in [-0.25, -0.2) is 0 Å². The monoisotopic (exact) mass is 488 g/mol. The molecular formula is C37H28O. The minimum Gasteiger partial charge on any atom is -0.289 e. The standard InChI is InChI=1S/C37H28O/c38-37(35-23-31(27-13-5-1-6-14-27)21-32(24-35)28-15-7-2-8-16-28)36-25-33(29-17-9-3-10-18-29)22-34(26-36)30-19-11-4-12-20-30/h1-3,5-11,13-26H,4,12H2. The van der Waals surface area contributed by atoms with Gasteiger partial charge in [0.1, 0.15) is 0 Å². The Morgan fingerprint density at radius 3 is 1.29 bits per heavy atom. The van der Waals surface area contributed by atoms with Crippen molar-refractivity contribution in [3.05, 3.63) is 162 Å². The summed E-state index contributed by atoms with van der Waals surface area (Å²) < 4.78 is 0. The van der Waals surface area contributed by atoms with Crippen LogP contribution < -0.4 is 0 Å². The highest BCUT2D eigenvalue weighted by atomic mass is 16.1. The molecule has 0 heterocycles. The van der Waals surface area contributed by atoms with Gasteiger partial charge in [-0.3, -0.25) is 4.79 Å². The molecule has 0 amide bonds. The molecular weight excluding hydrogens is 460 g/mol. The third-order valence-electron chi connectivity index (χ3n) is 7.04. The van der Waals surface area contributed by atoms with Crippen LogP contribution in [0.4, 0.5) is 0 Å². The lowest BCUT2D eigenvalue weighted by atomic mass is 9.89. The molecule has 0 N–H and O–H groups in total. The van der Waals surface area contributed by atoms with Crippen molar-refractivity contribution in [2.24, 2.45) is 0 Å². The third kappa shape index (κ3) is 5.05. The van der Waals surface area contributed by atoms with Crippen molar-refractivity contribution < 1.29 is 4.79 Å². The van der Waals surface area contributed by atoms with Gasteiger partial charge in [0.05, 0.1) is 0 Å². The lowest BCUT2D eigenvalue weighted by molar-refractivity contribution is 0.103. The topological polar surface area (TPSA) is 17.1 Å². The van der Waals surface area contributed by atoms with E-state index in [0.29, 0.717) is 11.1 Å². The highest BCUT2D eigenvalue weighted by Gasteiger charge is 2.16. The molecule has 5 aromatic rings. The predicted molar refractivity (Wildman–Crippen MR) is 159 cm³/mol. The summed E-state index contributed by atoms with van der Waals surface area (Å²) in [7, 11) is 0. The molecule has 182 valence electrons. The minimum atomic E-state index is 0.0272. The van der Waals surface area contributed by atoms with E-state index in [1.165, 1.54) is 5.57 Å². The van der Waals surface area contributed by atoms with Crippen molar-refractivity contribution in [1.82, 2.24) is 0 Å². The van der Waals surface area contributed by atoms with E-state index in [1.54, 1.807) is 0 Å². The van der Waals surface area contributed by atoms with Crippen LogP contribution in [0.15, 0.2) is 146 Å². The lowest BCUT2D eigenvalue weighted by Crippen LogP contribution is -2.04. The summed E-state index contributed by atoms with van der Waals surface area (Å²) in [5.74, 6) is 0.0272. The molecule has 0 aromatic heterocycles. The van der Waals surface area contributed by atoms with Crippen LogP contribution in [0.3, 0.4) is 0 Å². The predicted octanol–water partition coefficient (Wildman–Crippen LogP) is 9.65. The van der Waals surface area contributed by atoms with Crippen LogP contribution in [0.25, 0.3) is 39.0 Å². The molecule has 0 saturated heterocycles. The molecule has 5 aromatic carbocycles. The molecule has 0 saturated carbocycles. The largest absolute Gasteiger partial charge is 0.289 e. The van der Waals surface area contributed by atoms with E-state index in [2.05, 4.69) is 66.8 Å². The SMILES string of the molecule is O=C(c1cc(C2=CCCC=C2)cc(-c2ccccc2)c1)c1cc(-c2ccccc2)cc(-c2ccccc2)c1. The first-order valence-electron chi connectivity index (χ1n) is 13.1. The van der Waals surface area contributed by atoms with Crippen molar-refractivity contribution >= 4 is 11.4 Å². The molecule has 1 aliphatic carbocycles. The zero-order valence-corrected chi connectivity index (χ0v) is 21.2. The maximum atomic E-state index is 14.2. The van der Waals surface area contributed by atoms with Gasteiger partial charge < -0.3 is 0 Å². The average Bonchev–Trinajstić information content (AvgIpc) is 3.02. The minimum absolute atomic E-state index is 0.0272. The number of carbonyl (C=O) groups is 1. The van der Waals surface area contributed by atoms with E-state index in [1.807, 2.05) is 78.9 Å². The van der Waals surface area contributed by atoms with Gasteiger partial charge in [0.25, 0.3) is 0 Å². The second kappa shape index (κ2) is 10.7. The molecule has 0 unspecified atom stereocenters. The highest BCUT2D eigenvalue weighted by Crippen LogP contribution is 2.32. The number of hydrogen-bond acceptors (Lipinski definition) is 1. The van der Waals surface area contributed by atoms with E-state index in [-0.39, 0.29) is 5.78 Å². The zero-order valence-electron chi connectivity index (χ0n) is 21.2. The van der Waals surface area contributed by atoms with Crippen LogP contribution in [0, 0.1) is 0 Å². The summed E-state index contributed by atoms with van der Waals surface area (Å²) in [6, 6.07) is 43.3. The van der Waals surface area contributed by atoms with Crippen LogP contribution in [0.2, 0.25) is 0 Å². The van der Waals surface area contributed by atoms with Crippen LogP contribution in [0.1, 0.15) is 34.3 Å². The molecule has 6 rings (SSSR count). The molecule has 1 heteroatoms. The second-order valence-corrected chi connectivity index (χ2v) is 9.66. The Labute approximate surface area is 224 Å². The van der Waals surface area contributed by atoms with Gasteiger partial charge in [-0.1, -0.05) is 109 Å². The van der Waals surface area contributed by atoms with Crippen molar-refractivity contribution in [3.8, 4) is 33.4 Å². The fourth-order valence-corrected chi connectivity index (χ4v) is 5.07. The van der Waals surface area contributed by atoms with Crippen molar-refractivity contribution in [2.45, 2.75) is 12.8 Å². The molecule has 0 spiro atoms. The molecule has 0 bridgehead atoms. The van der Waals surface area contributed by atoms with Crippen molar-refractivity contribution in [3.63, 3.8) is 0 Å². The Hall–Kier alpha value is -4.75. The molecule has 0 aliphatic heterocycles. The van der Waals surface area contributed by atoms with E-state index < -0.39 is 0 Å². The number of carbonyl (C=O) groups excluding carboxylic acids is 1. The fourth-order valence-electron chi connectivity index (χ4n) is 5.07. The lowest BCUT2D eigenvalue weighted by Gasteiger charge is -2.14. The van der Waals surface area contributed by atoms with Gasteiger partial charge in [-0.05, 0) is 93.8 Å². The molecule has 1 aliphatic rings. The van der Waals surface area contributed by atoms with E-state index in [0.717, 1.165) is 51.8 Å². The van der Waals surface area contributed by atoms with Crippen LogP contribution in [-0.2, 0) is 0 Å². The second-order valence-electron chi connectivity index (χ2n) is 9.66. The number of hydrogen-bond donors (Lipinski definition) is 0. The summed E-state index contributed by atoms with van der Waals surface area (Å²) in [4.78, 5) is 14.2. The first-order valence-corrected chi connectivity index (χ1v) is 13.1. The average molecular weight is 489 g/mol. The molecule has 1 nitrogen and oxygen atoms in total. The summed E-state index contributed by atoms with van der Waals surface area (Å²) >= 11 is 0. The summed E-state index contributed by atoms with van der Waals surface area (Å²) in [6.07, 6.45) is 8.72. The summed E-state index contributed by atoms with van der Waals surface area (Å²) in [5, 5.41) is 0. The van der Waals surface area contributed by atoms with Gasteiger partial charge in [0, 0.05) is 11.1 Å². The van der Waals surface area contributed by atoms with Crippen LogP contribution in [0.5, 0.6) is 0 Å². The van der Waals surface area contributed by atoms with E-state index in [9.17, 15) is 4.79 Å². The molecule has 38 heavy (non-hydrogen) atoms. The maximum Gasteiger partial charge on any atom is 0.193 e. The quantitative estimate of drug-likeness (QED) is 0.217. The van der Waals surface area contributed by atoms with Crippen LogP contribution in [-0.4, -0.2) is 5.78 Å².